The highest BCUT2D eigenvalue weighted by atomic mass is 16.7. The Kier molecular flexibility index (Phi) is 3.41. The van der Waals surface area contributed by atoms with Crippen molar-refractivity contribution >= 4 is 0 Å². The Morgan fingerprint density at radius 1 is 1.33 bits per heavy atom. The van der Waals surface area contributed by atoms with E-state index in [0.717, 1.165) is 12.8 Å². The van der Waals surface area contributed by atoms with E-state index in [1.807, 2.05) is 24.3 Å². The topological polar surface area (TPSA) is 18.5 Å². The molecule has 0 N–H and O–H groups in total. The molecule has 0 radical (unpaired) electrons. The van der Waals surface area contributed by atoms with Crippen molar-refractivity contribution in [2.24, 2.45) is 0 Å². The third-order valence-corrected chi connectivity index (χ3v) is 2.52. The zero-order valence-corrected chi connectivity index (χ0v) is 8.93. The van der Waals surface area contributed by atoms with E-state index >= 15 is 0 Å². The van der Waals surface area contributed by atoms with Crippen LogP contribution < -0.4 is 0 Å². The molecule has 0 bridgehead atoms. The van der Waals surface area contributed by atoms with Crippen LogP contribution in [0.1, 0.15) is 31.4 Å². The van der Waals surface area contributed by atoms with Gasteiger partial charge in [0.15, 0.2) is 6.29 Å². The van der Waals surface area contributed by atoms with Gasteiger partial charge in [0, 0.05) is 6.42 Å². The van der Waals surface area contributed by atoms with Crippen LogP contribution >= 0.6 is 0 Å². The van der Waals surface area contributed by atoms with Crippen LogP contribution in [-0.2, 0) is 9.47 Å². The van der Waals surface area contributed by atoms with Gasteiger partial charge in [-0.15, -0.1) is 0 Å². The normalized spacial score (nSPS) is 22.1. The first-order valence-electron chi connectivity index (χ1n) is 5.37. The molecular weight excluding hydrogens is 188 g/mol. The summed E-state index contributed by atoms with van der Waals surface area (Å²) in [5.74, 6) is 0. The molecule has 0 aromatic heterocycles. The fourth-order valence-corrected chi connectivity index (χ4v) is 1.64. The van der Waals surface area contributed by atoms with Crippen molar-refractivity contribution in [3.63, 3.8) is 0 Å². The lowest BCUT2D eigenvalue weighted by atomic mass is 10.1. The maximum atomic E-state index is 5.80. The second kappa shape index (κ2) is 4.99. The molecule has 2 rings (SSSR count). The lowest BCUT2D eigenvalue weighted by Crippen LogP contribution is -2.18. The third kappa shape index (κ3) is 2.83. The fraction of sp³-hybridized carbons (Fsp3) is 0.385. The first kappa shape index (κ1) is 10.2. The van der Waals surface area contributed by atoms with Gasteiger partial charge < -0.3 is 9.47 Å². The number of ether oxygens (including phenoxy) is 2. The van der Waals surface area contributed by atoms with E-state index in [2.05, 4.69) is 19.1 Å². The summed E-state index contributed by atoms with van der Waals surface area (Å²) in [4.78, 5) is 0. The number of hydrogen-bond acceptors (Lipinski definition) is 2. The Balaban J connectivity index is 1.92. The van der Waals surface area contributed by atoms with Gasteiger partial charge in [-0.05, 0) is 25.0 Å². The number of rotatable bonds is 3. The van der Waals surface area contributed by atoms with E-state index in [9.17, 15) is 0 Å². The van der Waals surface area contributed by atoms with E-state index in [-0.39, 0.29) is 12.4 Å². The number of allylic oxidation sites excluding steroid dienone is 1. The van der Waals surface area contributed by atoms with Crippen molar-refractivity contribution in [1.29, 1.82) is 0 Å². The highest BCUT2D eigenvalue weighted by molar-refractivity contribution is 5.16. The Morgan fingerprint density at radius 3 is 2.80 bits per heavy atom. The highest BCUT2D eigenvalue weighted by Gasteiger charge is 2.15. The molecule has 1 aromatic carbocycles. The van der Waals surface area contributed by atoms with E-state index in [4.69, 9.17) is 9.47 Å². The summed E-state index contributed by atoms with van der Waals surface area (Å²) < 4.78 is 11.2. The molecule has 0 saturated carbocycles. The van der Waals surface area contributed by atoms with Gasteiger partial charge in [0.1, 0.15) is 0 Å². The van der Waals surface area contributed by atoms with E-state index in [0.29, 0.717) is 0 Å². The molecule has 0 saturated heterocycles. The monoisotopic (exact) mass is 204 g/mol. The van der Waals surface area contributed by atoms with Gasteiger partial charge in [-0.25, -0.2) is 0 Å². The molecule has 0 aliphatic carbocycles. The zero-order valence-electron chi connectivity index (χ0n) is 8.93. The molecule has 2 unspecified atom stereocenters. The van der Waals surface area contributed by atoms with Gasteiger partial charge in [0.25, 0.3) is 0 Å². The minimum atomic E-state index is -0.0924. The quantitative estimate of drug-likeness (QED) is 0.751. The molecule has 1 heterocycles. The van der Waals surface area contributed by atoms with Gasteiger partial charge in [-0.2, -0.15) is 0 Å². The summed E-state index contributed by atoms with van der Waals surface area (Å²) in [5, 5.41) is 0. The maximum Gasteiger partial charge on any atom is 0.199 e. The number of benzene rings is 1. The fourth-order valence-electron chi connectivity index (χ4n) is 1.64. The second-order valence-electron chi connectivity index (χ2n) is 3.70. The van der Waals surface area contributed by atoms with E-state index in [1.165, 1.54) is 5.56 Å². The predicted octanol–water partition coefficient (Wildman–Crippen LogP) is 3.41. The molecule has 0 fully saturated rings. The zero-order chi connectivity index (χ0) is 10.5. The molecular formula is C13H16O2. The lowest BCUT2D eigenvalue weighted by molar-refractivity contribution is -0.145. The SMILES string of the molecule is CC(OC1CCC=CO1)c1ccccc1. The molecule has 2 nitrogen and oxygen atoms in total. The Hall–Kier alpha value is -1.28. The molecule has 1 aliphatic heterocycles. The summed E-state index contributed by atoms with van der Waals surface area (Å²) >= 11 is 0. The van der Waals surface area contributed by atoms with Gasteiger partial charge in [-0.1, -0.05) is 30.3 Å². The average Bonchev–Trinajstić information content (AvgIpc) is 2.31. The van der Waals surface area contributed by atoms with Gasteiger partial charge in [-0.3, -0.25) is 0 Å². The first-order chi connectivity index (χ1) is 7.36. The van der Waals surface area contributed by atoms with Crippen LogP contribution in [0, 0.1) is 0 Å². The van der Waals surface area contributed by atoms with Crippen molar-refractivity contribution in [1.82, 2.24) is 0 Å². The van der Waals surface area contributed by atoms with E-state index in [1.54, 1.807) is 6.26 Å². The molecule has 1 aromatic rings. The Morgan fingerprint density at radius 2 is 2.13 bits per heavy atom. The Labute approximate surface area is 90.5 Å². The summed E-state index contributed by atoms with van der Waals surface area (Å²) in [6, 6.07) is 10.2. The van der Waals surface area contributed by atoms with Crippen LogP contribution in [0.2, 0.25) is 0 Å². The molecule has 0 spiro atoms. The summed E-state index contributed by atoms with van der Waals surface area (Å²) in [7, 11) is 0. The molecule has 2 heteroatoms. The largest absolute Gasteiger partial charge is 0.473 e. The van der Waals surface area contributed by atoms with Gasteiger partial charge in [0.2, 0.25) is 0 Å². The second-order valence-corrected chi connectivity index (χ2v) is 3.70. The van der Waals surface area contributed by atoms with Gasteiger partial charge >= 0.3 is 0 Å². The third-order valence-electron chi connectivity index (χ3n) is 2.52. The minimum Gasteiger partial charge on any atom is -0.473 e. The van der Waals surface area contributed by atoms with Crippen molar-refractivity contribution < 1.29 is 9.47 Å². The molecule has 0 amide bonds. The average molecular weight is 204 g/mol. The molecule has 2 atom stereocenters. The van der Waals surface area contributed by atoms with Crippen molar-refractivity contribution in [3.05, 3.63) is 48.2 Å². The highest BCUT2D eigenvalue weighted by Crippen LogP contribution is 2.22. The predicted molar refractivity (Wildman–Crippen MR) is 59.2 cm³/mol. The van der Waals surface area contributed by atoms with Crippen molar-refractivity contribution in [2.75, 3.05) is 0 Å². The first-order valence-corrected chi connectivity index (χ1v) is 5.37. The van der Waals surface area contributed by atoms with Crippen LogP contribution in [0.15, 0.2) is 42.7 Å². The number of hydrogen-bond donors (Lipinski definition) is 0. The Bertz CT molecular complexity index is 319. The summed E-state index contributed by atoms with van der Waals surface area (Å²) in [6.45, 7) is 2.05. The maximum absolute atomic E-state index is 5.80. The van der Waals surface area contributed by atoms with Crippen LogP contribution in [0.25, 0.3) is 0 Å². The summed E-state index contributed by atoms with van der Waals surface area (Å²) in [6.07, 6.45) is 5.71. The van der Waals surface area contributed by atoms with Crippen LogP contribution in [-0.4, -0.2) is 6.29 Å². The molecule has 80 valence electrons. The van der Waals surface area contributed by atoms with Crippen LogP contribution in [0.5, 0.6) is 0 Å². The van der Waals surface area contributed by atoms with Gasteiger partial charge in [0.05, 0.1) is 12.4 Å². The molecule has 15 heavy (non-hydrogen) atoms. The molecule has 1 aliphatic rings. The lowest BCUT2D eigenvalue weighted by Gasteiger charge is -2.23. The van der Waals surface area contributed by atoms with Crippen molar-refractivity contribution in [3.8, 4) is 0 Å². The minimum absolute atomic E-state index is 0.0858. The van der Waals surface area contributed by atoms with E-state index < -0.39 is 0 Å². The van der Waals surface area contributed by atoms with Crippen LogP contribution in [0.4, 0.5) is 0 Å². The summed E-state index contributed by atoms with van der Waals surface area (Å²) in [5.41, 5.74) is 1.19. The smallest absolute Gasteiger partial charge is 0.199 e. The van der Waals surface area contributed by atoms with Crippen molar-refractivity contribution in [2.45, 2.75) is 32.2 Å². The standard InChI is InChI=1S/C13H16O2/c1-11(12-7-3-2-4-8-12)15-13-9-5-6-10-14-13/h2-4,6-8,10-11,13H,5,9H2,1H3. The van der Waals surface area contributed by atoms with Crippen LogP contribution in [0.3, 0.4) is 0 Å².